The molecular formula is C25H21BrN2O4. The molecule has 1 aliphatic rings. The van der Waals surface area contributed by atoms with Crippen LogP contribution in [0.1, 0.15) is 31.0 Å². The largest absolute Gasteiger partial charge is 0.507 e. The van der Waals surface area contributed by atoms with E-state index in [9.17, 15) is 14.7 Å². The Morgan fingerprint density at radius 1 is 1.06 bits per heavy atom. The number of hydrogen-bond donors (Lipinski definition) is 1. The Morgan fingerprint density at radius 3 is 2.44 bits per heavy atom. The lowest BCUT2D eigenvalue weighted by Gasteiger charge is -2.24. The van der Waals surface area contributed by atoms with Crippen LogP contribution in [0.4, 0.5) is 5.82 Å². The van der Waals surface area contributed by atoms with Crippen molar-refractivity contribution in [3.8, 4) is 5.75 Å². The van der Waals surface area contributed by atoms with Crippen molar-refractivity contribution in [1.82, 2.24) is 4.98 Å². The number of pyridine rings is 1. The number of hydrogen-bond acceptors (Lipinski definition) is 5. The van der Waals surface area contributed by atoms with Crippen LogP contribution in [0.5, 0.6) is 5.75 Å². The van der Waals surface area contributed by atoms with E-state index in [1.54, 1.807) is 48.7 Å². The Morgan fingerprint density at radius 2 is 1.81 bits per heavy atom. The van der Waals surface area contributed by atoms with Gasteiger partial charge in [0.1, 0.15) is 17.3 Å². The van der Waals surface area contributed by atoms with Gasteiger partial charge in [-0.05, 0) is 67.9 Å². The van der Waals surface area contributed by atoms with E-state index < -0.39 is 17.7 Å². The molecule has 1 atom stereocenters. The minimum absolute atomic E-state index is 0.00895. The molecule has 1 saturated heterocycles. The van der Waals surface area contributed by atoms with Crippen molar-refractivity contribution in [3.05, 3.63) is 94.1 Å². The van der Waals surface area contributed by atoms with Gasteiger partial charge >= 0.3 is 5.91 Å². The van der Waals surface area contributed by atoms with Gasteiger partial charge in [0.05, 0.1) is 17.7 Å². The second kappa shape index (κ2) is 8.96. The molecule has 7 heteroatoms. The van der Waals surface area contributed by atoms with Gasteiger partial charge in [-0.15, -0.1) is 0 Å². The van der Waals surface area contributed by atoms with Gasteiger partial charge in [-0.3, -0.25) is 14.5 Å². The molecule has 1 aliphatic heterocycles. The molecule has 1 amide bonds. The Kier molecular flexibility index (Phi) is 6.10. The zero-order valence-electron chi connectivity index (χ0n) is 17.5. The van der Waals surface area contributed by atoms with Crippen LogP contribution >= 0.6 is 15.9 Å². The summed E-state index contributed by atoms with van der Waals surface area (Å²) in [6.07, 6.45) is 1.56. The predicted octanol–water partition coefficient (Wildman–Crippen LogP) is 5.26. The first-order chi connectivity index (χ1) is 15.4. The highest BCUT2D eigenvalue weighted by molar-refractivity contribution is 9.10. The van der Waals surface area contributed by atoms with Crippen LogP contribution in [0.15, 0.2) is 83.0 Å². The van der Waals surface area contributed by atoms with Crippen molar-refractivity contribution < 1.29 is 19.4 Å². The summed E-state index contributed by atoms with van der Waals surface area (Å²) in [6, 6.07) is 18.4. The van der Waals surface area contributed by atoms with Crippen molar-refractivity contribution in [3.63, 3.8) is 0 Å². The number of ether oxygens (including phenoxy) is 1. The molecule has 4 rings (SSSR count). The average Bonchev–Trinajstić information content (AvgIpc) is 3.05. The number of aromatic nitrogens is 1. The normalized spacial score (nSPS) is 17.8. The first-order valence-electron chi connectivity index (χ1n) is 10.1. The summed E-state index contributed by atoms with van der Waals surface area (Å²) in [7, 11) is 0. The second-order valence-electron chi connectivity index (χ2n) is 7.60. The average molecular weight is 493 g/mol. The van der Waals surface area contributed by atoms with Crippen molar-refractivity contribution in [1.29, 1.82) is 0 Å². The molecule has 2 heterocycles. The fraction of sp³-hybridized carbons (Fsp3) is 0.160. The van der Waals surface area contributed by atoms with Gasteiger partial charge in [-0.1, -0.05) is 34.1 Å². The SMILES string of the molecule is CC(C)Oc1ccc(C(O)=C2C(=O)C(=O)N(c3ccccn3)[C@@H]2c2cccc(Br)c2)cc1. The zero-order valence-corrected chi connectivity index (χ0v) is 19.1. The van der Waals surface area contributed by atoms with Crippen molar-refractivity contribution in [2.75, 3.05) is 4.90 Å². The van der Waals surface area contributed by atoms with E-state index in [4.69, 9.17) is 4.74 Å². The number of rotatable bonds is 5. The number of Topliss-reactive ketones (excluding diaryl/α,β-unsaturated/α-hetero) is 1. The van der Waals surface area contributed by atoms with Gasteiger partial charge in [0.25, 0.3) is 5.78 Å². The summed E-state index contributed by atoms with van der Waals surface area (Å²) in [5, 5.41) is 11.2. The summed E-state index contributed by atoms with van der Waals surface area (Å²) < 4.78 is 6.44. The van der Waals surface area contributed by atoms with E-state index in [0.29, 0.717) is 22.7 Å². The Balaban J connectivity index is 1.86. The predicted molar refractivity (Wildman–Crippen MR) is 125 cm³/mol. The summed E-state index contributed by atoms with van der Waals surface area (Å²) in [6.45, 7) is 3.84. The van der Waals surface area contributed by atoms with Gasteiger partial charge in [0.2, 0.25) is 0 Å². The van der Waals surface area contributed by atoms with Crippen LogP contribution < -0.4 is 9.64 Å². The van der Waals surface area contributed by atoms with Crippen molar-refractivity contribution >= 4 is 39.2 Å². The van der Waals surface area contributed by atoms with Gasteiger partial charge in [-0.25, -0.2) is 4.98 Å². The molecule has 0 spiro atoms. The second-order valence-corrected chi connectivity index (χ2v) is 8.52. The number of aliphatic hydroxyl groups is 1. The van der Waals surface area contributed by atoms with E-state index in [2.05, 4.69) is 20.9 Å². The third-order valence-electron chi connectivity index (χ3n) is 5.00. The minimum atomic E-state index is -0.825. The van der Waals surface area contributed by atoms with Crippen LogP contribution in [-0.2, 0) is 9.59 Å². The van der Waals surface area contributed by atoms with E-state index in [1.165, 1.54) is 4.90 Å². The van der Waals surface area contributed by atoms with Crippen molar-refractivity contribution in [2.45, 2.75) is 26.0 Å². The smallest absolute Gasteiger partial charge is 0.301 e. The molecule has 32 heavy (non-hydrogen) atoms. The highest BCUT2D eigenvalue weighted by Gasteiger charge is 2.47. The molecule has 0 bridgehead atoms. The third-order valence-corrected chi connectivity index (χ3v) is 5.50. The van der Waals surface area contributed by atoms with E-state index in [-0.39, 0.29) is 17.4 Å². The molecule has 0 radical (unpaired) electrons. The van der Waals surface area contributed by atoms with Crippen LogP contribution in [0.25, 0.3) is 5.76 Å². The molecule has 6 nitrogen and oxygen atoms in total. The summed E-state index contributed by atoms with van der Waals surface area (Å²) in [5.41, 5.74) is 1.10. The number of carbonyl (C=O) groups is 2. The van der Waals surface area contributed by atoms with Gasteiger partial charge in [0.15, 0.2) is 0 Å². The molecule has 1 fully saturated rings. The molecule has 0 aliphatic carbocycles. The topological polar surface area (TPSA) is 79.7 Å². The summed E-state index contributed by atoms with van der Waals surface area (Å²) in [4.78, 5) is 31.8. The van der Waals surface area contributed by atoms with Gasteiger partial charge in [-0.2, -0.15) is 0 Å². The molecule has 0 saturated carbocycles. The first kappa shape index (κ1) is 21.8. The Labute approximate surface area is 194 Å². The number of halogens is 1. The quantitative estimate of drug-likeness (QED) is 0.298. The van der Waals surface area contributed by atoms with Gasteiger partial charge in [0, 0.05) is 16.2 Å². The number of anilines is 1. The van der Waals surface area contributed by atoms with Crippen LogP contribution in [0.3, 0.4) is 0 Å². The number of benzene rings is 2. The zero-order chi connectivity index (χ0) is 22.8. The Hall–Kier alpha value is -3.45. The molecule has 0 unspecified atom stereocenters. The minimum Gasteiger partial charge on any atom is -0.507 e. The summed E-state index contributed by atoms with van der Waals surface area (Å²) in [5.74, 6) is -0.771. The van der Waals surface area contributed by atoms with Crippen molar-refractivity contribution in [2.24, 2.45) is 0 Å². The maximum Gasteiger partial charge on any atom is 0.301 e. The standard InChI is InChI=1S/C25H21BrN2O4/c1-15(2)32-19-11-9-16(10-12-19)23(29)21-22(17-6-5-7-18(26)14-17)28(25(31)24(21)30)20-8-3-4-13-27-20/h3-15,22,29H,1-2H3/t22-/m1/s1. The number of aliphatic hydroxyl groups excluding tert-OH is 1. The highest BCUT2D eigenvalue weighted by Crippen LogP contribution is 2.42. The van der Waals surface area contributed by atoms with E-state index >= 15 is 0 Å². The van der Waals surface area contributed by atoms with Crippen LogP contribution in [0, 0.1) is 0 Å². The molecule has 162 valence electrons. The fourth-order valence-corrected chi connectivity index (χ4v) is 4.09. The molecule has 3 aromatic rings. The number of nitrogens with zero attached hydrogens (tertiary/aromatic N) is 2. The molecule has 1 aromatic heterocycles. The maximum atomic E-state index is 13.1. The molecule has 2 aromatic carbocycles. The van der Waals surface area contributed by atoms with E-state index in [1.807, 2.05) is 38.1 Å². The lowest BCUT2D eigenvalue weighted by Crippen LogP contribution is -2.30. The number of ketones is 1. The highest BCUT2D eigenvalue weighted by atomic mass is 79.9. The molecular weight excluding hydrogens is 472 g/mol. The number of amides is 1. The van der Waals surface area contributed by atoms with Gasteiger partial charge < -0.3 is 9.84 Å². The Bertz CT molecular complexity index is 1190. The van der Waals surface area contributed by atoms with Crippen LogP contribution in [-0.4, -0.2) is 27.9 Å². The lowest BCUT2D eigenvalue weighted by atomic mass is 9.95. The maximum absolute atomic E-state index is 13.1. The van der Waals surface area contributed by atoms with Crippen LogP contribution in [0.2, 0.25) is 0 Å². The number of carbonyl (C=O) groups excluding carboxylic acids is 2. The molecule has 1 N–H and O–H groups in total. The van der Waals surface area contributed by atoms with E-state index in [0.717, 1.165) is 4.47 Å². The fourth-order valence-electron chi connectivity index (χ4n) is 3.68. The lowest BCUT2D eigenvalue weighted by molar-refractivity contribution is -0.132. The summed E-state index contributed by atoms with van der Waals surface area (Å²) >= 11 is 3.45. The first-order valence-corrected chi connectivity index (χ1v) is 10.9. The monoisotopic (exact) mass is 492 g/mol. The third kappa shape index (κ3) is 4.16.